The minimum atomic E-state index is 0. The fraction of sp³-hybridized carbons (Fsp3) is 0.333. The molecular formula is C18H21ClN4OS. The summed E-state index contributed by atoms with van der Waals surface area (Å²) in [5, 5.41) is 8.13. The molecular weight excluding hydrogens is 356 g/mol. The summed E-state index contributed by atoms with van der Waals surface area (Å²) in [6, 6.07) is 12.6. The van der Waals surface area contributed by atoms with Crippen molar-refractivity contribution in [1.29, 1.82) is 0 Å². The molecule has 0 spiro atoms. The molecule has 0 bridgehead atoms. The van der Waals surface area contributed by atoms with Gasteiger partial charge >= 0.3 is 0 Å². The van der Waals surface area contributed by atoms with Gasteiger partial charge < -0.3 is 10.3 Å². The highest BCUT2D eigenvalue weighted by Gasteiger charge is 2.33. The maximum atomic E-state index is 6.01. The second kappa shape index (κ2) is 8.10. The number of thiophene rings is 1. The maximum Gasteiger partial charge on any atom is 0.241 e. The fourth-order valence-electron chi connectivity index (χ4n) is 3.43. The van der Waals surface area contributed by atoms with Crippen LogP contribution in [-0.4, -0.2) is 34.7 Å². The van der Waals surface area contributed by atoms with Gasteiger partial charge in [-0.05, 0) is 29.5 Å². The molecule has 2 N–H and O–H groups in total. The standard InChI is InChI=1S/C18H20N4OS.ClH/c19-8-15-9-22(10-16(15)13-4-2-1-3-5-13)11-17-20-18(21-23-17)14-6-7-24-12-14;/h1-7,12,15-16H,8-11,19H2;1H/t15-,16+;/m1./s1. The molecule has 132 valence electrons. The van der Waals surface area contributed by atoms with Gasteiger partial charge in [-0.2, -0.15) is 16.3 Å². The van der Waals surface area contributed by atoms with Crippen LogP contribution in [0.1, 0.15) is 17.4 Å². The lowest BCUT2D eigenvalue weighted by molar-refractivity contribution is 0.260. The largest absolute Gasteiger partial charge is 0.338 e. The van der Waals surface area contributed by atoms with Crippen LogP contribution in [0.2, 0.25) is 0 Å². The monoisotopic (exact) mass is 376 g/mol. The summed E-state index contributed by atoms with van der Waals surface area (Å²) < 4.78 is 5.43. The highest BCUT2D eigenvalue weighted by atomic mass is 35.5. The number of hydrogen-bond acceptors (Lipinski definition) is 6. The second-order valence-electron chi connectivity index (χ2n) is 6.23. The van der Waals surface area contributed by atoms with Crippen LogP contribution in [0.4, 0.5) is 0 Å². The van der Waals surface area contributed by atoms with Crippen molar-refractivity contribution >= 4 is 23.7 Å². The van der Waals surface area contributed by atoms with Gasteiger partial charge in [-0.1, -0.05) is 35.5 Å². The van der Waals surface area contributed by atoms with E-state index in [1.165, 1.54) is 5.56 Å². The van der Waals surface area contributed by atoms with Crippen LogP contribution >= 0.6 is 23.7 Å². The van der Waals surface area contributed by atoms with Crippen LogP contribution in [0.15, 0.2) is 51.7 Å². The molecule has 0 amide bonds. The number of benzene rings is 1. The topological polar surface area (TPSA) is 68.2 Å². The molecule has 1 aliphatic rings. The Balaban J connectivity index is 0.00000182. The van der Waals surface area contributed by atoms with E-state index in [0.29, 0.717) is 36.6 Å². The van der Waals surface area contributed by atoms with Crippen LogP contribution in [0, 0.1) is 5.92 Å². The molecule has 0 saturated carbocycles. The summed E-state index contributed by atoms with van der Waals surface area (Å²) in [5.74, 6) is 2.27. The number of halogens is 1. The lowest BCUT2D eigenvalue weighted by atomic mass is 9.89. The highest BCUT2D eigenvalue weighted by Crippen LogP contribution is 2.32. The van der Waals surface area contributed by atoms with E-state index >= 15 is 0 Å². The van der Waals surface area contributed by atoms with Crippen LogP contribution in [0.5, 0.6) is 0 Å². The van der Waals surface area contributed by atoms with Gasteiger partial charge in [0.2, 0.25) is 11.7 Å². The first-order chi connectivity index (χ1) is 11.8. The first-order valence-electron chi connectivity index (χ1n) is 8.16. The Morgan fingerprint density at radius 1 is 1.20 bits per heavy atom. The Labute approximate surface area is 157 Å². The Morgan fingerprint density at radius 2 is 2.04 bits per heavy atom. The van der Waals surface area contributed by atoms with Crippen molar-refractivity contribution in [2.75, 3.05) is 19.6 Å². The zero-order chi connectivity index (χ0) is 16.4. The van der Waals surface area contributed by atoms with Gasteiger partial charge in [0.15, 0.2) is 0 Å². The highest BCUT2D eigenvalue weighted by molar-refractivity contribution is 7.08. The number of aromatic nitrogens is 2. The molecule has 2 aromatic heterocycles. The molecule has 0 aliphatic carbocycles. The van der Waals surface area contributed by atoms with E-state index in [1.807, 2.05) is 16.8 Å². The average molecular weight is 377 g/mol. The van der Waals surface area contributed by atoms with Crippen molar-refractivity contribution < 1.29 is 4.52 Å². The average Bonchev–Trinajstić information content (AvgIpc) is 3.36. The molecule has 4 rings (SSSR count). The van der Waals surface area contributed by atoms with Gasteiger partial charge in [-0.15, -0.1) is 12.4 Å². The first-order valence-corrected chi connectivity index (χ1v) is 9.10. The zero-order valence-corrected chi connectivity index (χ0v) is 15.4. The number of hydrogen-bond donors (Lipinski definition) is 1. The first kappa shape index (κ1) is 18.1. The fourth-order valence-corrected chi connectivity index (χ4v) is 4.06. The molecule has 3 heterocycles. The molecule has 25 heavy (non-hydrogen) atoms. The van der Waals surface area contributed by atoms with Crippen molar-refractivity contribution in [2.24, 2.45) is 11.7 Å². The summed E-state index contributed by atoms with van der Waals surface area (Å²) >= 11 is 1.63. The molecule has 1 aliphatic heterocycles. The summed E-state index contributed by atoms with van der Waals surface area (Å²) in [6.45, 7) is 3.31. The lowest BCUT2D eigenvalue weighted by Gasteiger charge is -2.16. The van der Waals surface area contributed by atoms with Crippen LogP contribution in [-0.2, 0) is 6.54 Å². The van der Waals surface area contributed by atoms with Gasteiger partial charge in [0.25, 0.3) is 0 Å². The van der Waals surface area contributed by atoms with Crippen molar-refractivity contribution in [2.45, 2.75) is 12.5 Å². The van der Waals surface area contributed by atoms with Gasteiger partial charge in [-0.25, -0.2) is 0 Å². The second-order valence-corrected chi connectivity index (χ2v) is 7.01. The summed E-state index contributed by atoms with van der Waals surface area (Å²) in [7, 11) is 0. The minimum absolute atomic E-state index is 0. The number of nitrogens with zero attached hydrogens (tertiary/aromatic N) is 3. The molecule has 1 saturated heterocycles. The van der Waals surface area contributed by atoms with Crippen molar-refractivity contribution in [3.05, 3.63) is 58.6 Å². The predicted molar refractivity (Wildman–Crippen MR) is 102 cm³/mol. The van der Waals surface area contributed by atoms with Gasteiger partial charge in [0.05, 0.1) is 6.54 Å². The van der Waals surface area contributed by atoms with Gasteiger partial charge in [0, 0.05) is 30.0 Å². The van der Waals surface area contributed by atoms with E-state index in [0.717, 1.165) is 18.7 Å². The van der Waals surface area contributed by atoms with E-state index in [2.05, 4.69) is 45.4 Å². The molecule has 2 atom stereocenters. The molecule has 0 unspecified atom stereocenters. The third-order valence-corrected chi connectivity index (χ3v) is 5.34. The molecule has 0 radical (unpaired) electrons. The lowest BCUT2D eigenvalue weighted by Crippen LogP contribution is -2.23. The summed E-state index contributed by atoms with van der Waals surface area (Å²) in [6.07, 6.45) is 0. The number of likely N-dealkylation sites (tertiary alicyclic amines) is 1. The Hall–Kier alpha value is -1.73. The SMILES string of the molecule is Cl.NC[C@@H]1CN(Cc2nc(-c3ccsc3)no2)C[C@H]1c1ccccc1. The van der Waals surface area contributed by atoms with E-state index in [4.69, 9.17) is 10.3 Å². The Kier molecular flexibility index (Phi) is 5.86. The third kappa shape index (κ3) is 3.93. The molecule has 3 aromatic rings. The molecule has 1 fully saturated rings. The van der Waals surface area contributed by atoms with Crippen molar-refractivity contribution in [3.63, 3.8) is 0 Å². The van der Waals surface area contributed by atoms with Gasteiger partial charge in [-0.3, -0.25) is 4.90 Å². The molecule has 5 nitrogen and oxygen atoms in total. The van der Waals surface area contributed by atoms with E-state index in [1.54, 1.807) is 11.3 Å². The quantitative estimate of drug-likeness (QED) is 0.739. The minimum Gasteiger partial charge on any atom is -0.338 e. The number of nitrogens with two attached hydrogens (primary N) is 1. The Morgan fingerprint density at radius 3 is 2.76 bits per heavy atom. The van der Waals surface area contributed by atoms with Crippen molar-refractivity contribution in [1.82, 2.24) is 15.0 Å². The van der Waals surface area contributed by atoms with Crippen LogP contribution in [0.3, 0.4) is 0 Å². The van der Waals surface area contributed by atoms with E-state index < -0.39 is 0 Å². The smallest absolute Gasteiger partial charge is 0.241 e. The third-order valence-electron chi connectivity index (χ3n) is 4.65. The predicted octanol–water partition coefficient (Wildman–Crippen LogP) is 3.39. The summed E-state index contributed by atoms with van der Waals surface area (Å²) in [4.78, 5) is 6.88. The Bertz CT molecular complexity index is 777. The van der Waals surface area contributed by atoms with E-state index in [-0.39, 0.29) is 12.4 Å². The van der Waals surface area contributed by atoms with Gasteiger partial charge in [0.1, 0.15) is 0 Å². The van der Waals surface area contributed by atoms with E-state index in [9.17, 15) is 0 Å². The van der Waals surface area contributed by atoms with Crippen LogP contribution < -0.4 is 5.73 Å². The maximum absolute atomic E-state index is 6.01. The zero-order valence-electron chi connectivity index (χ0n) is 13.7. The summed E-state index contributed by atoms with van der Waals surface area (Å²) in [5.41, 5.74) is 8.38. The molecule has 1 aromatic carbocycles. The van der Waals surface area contributed by atoms with Crippen molar-refractivity contribution in [3.8, 4) is 11.4 Å². The normalized spacial score (nSPS) is 20.5. The van der Waals surface area contributed by atoms with Crippen LogP contribution in [0.25, 0.3) is 11.4 Å². The number of rotatable bonds is 5. The molecule has 7 heteroatoms.